The smallest absolute Gasteiger partial charge is 0.223 e. The molecule has 0 saturated carbocycles. The molecule has 1 amide bonds. The fourth-order valence-electron chi connectivity index (χ4n) is 3.15. The Labute approximate surface area is 146 Å². The third-order valence-corrected chi connectivity index (χ3v) is 4.46. The van der Waals surface area contributed by atoms with Gasteiger partial charge in [0.15, 0.2) is 5.78 Å². The van der Waals surface area contributed by atoms with Crippen molar-refractivity contribution in [2.75, 3.05) is 19.6 Å². The maximum absolute atomic E-state index is 13.5. The minimum absolute atomic E-state index is 0.0358. The Balaban J connectivity index is 1.66. The summed E-state index contributed by atoms with van der Waals surface area (Å²) < 4.78 is 13.5. The number of nitrogens with one attached hydrogen (secondary N) is 1. The fraction of sp³-hybridized carbons (Fsp3) is 0.300. The van der Waals surface area contributed by atoms with Crippen molar-refractivity contribution in [2.24, 2.45) is 0 Å². The first-order valence-electron chi connectivity index (χ1n) is 8.49. The molecule has 3 rings (SSSR count). The fourth-order valence-corrected chi connectivity index (χ4v) is 3.15. The molecule has 0 aliphatic carbocycles. The predicted octanol–water partition coefficient (Wildman–Crippen LogP) is 2.96. The van der Waals surface area contributed by atoms with Crippen LogP contribution in [0.4, 0.5) is 4.39 Å². The third-order valence-electron chi connectivity index (χ3n) is 4.46. The van der Waals surface area contributed by atoms with Crippen LogP contribution in [0.5, 0.6) is 0 Å². The van der Waals surface area contributed by atoms with Gasteiger partial charge in [0.1, 0.15) is 5.82 Å². The first-order chi connectivity index (χ1) is 12.1. The highest BCUT2D eigenvalue weighted by Crippen LogP contribution is 2.24. The van der Waals surface area contributed by atoms with Gasteiger partial charge in [-0.2, -0.15) is 0 Å². The van der Waals surface area contributed by atoms with Gasteiger partial charge >= 0.3 is 0 Å². The van der Waals surface area contributed by atoms with E-state index in [-0.39, 0.29) is 36.4 Å². The molecule has 1 aliphatic rings. The highest BCUT2D eigenvalue weighted by molar-refractivity contribution is 5.97. The van der Waals surface area contributed by atoms with Crippen molar-refractivity contribution >= 4 is 11.7 Å². The molecule has 0 spiro atoms. The van der Waals surface area contributed by atoms with Crippen molar-refractivity contribution in [3.63, 3.8) is 0 Å². The van der Waals surface area contributed by atoms with Gasteiger partial charge in [-0.15, -0.1) is 0 Å². The van der Waals surface area contributed by atoms with Gasteiger partial charge in [-0.3, -0.25) is 9.59 Å². The van der Waals surface area contributed by atoms with E-state index >= 15 is 0 Å². The van der Waals surface area contributed by atoms with E-state index in [0.717, 1.165) is 5.56 Å². The molecule has 1 unspecified atom stereocenters. The minimum Gasteiger partial charge on any atom is -0.333 e. The topological polar surface area (TPSA) is 49.4 Å². The molecule has 0 bridgehead atoms. The molecule has 1 saturated heterocycles. The number of carbonyl (C=O) groups is 2. The summed E-state index contributed by atoms with van der Waals surface area (Å²) >= 11 is 0. The van der Waals surface area contributed by atoms with Crippen molar-refractivity contribution in [1.82, 2.24) is 10.2 Å². The van der Waals surface area contributed by atoms with Gasteiger partial charge in [0, 0.05) is 38.0 Å². The highest BCUT2D eigenvalue weighted by Gasteiger charge is 2.28. The zero-order chi connectivity index (χ0) is 17.6. The number of rotatable bonds is 5. The molecule has 1 heterocycles. The van der Waals surface area contributed by atoms with E-state index in [1.807, 2.05) is 24.3 Å². The average molecular weight is 340 g/mol. The molecule has 5 heteroatoms. The molecule has 4 nitrogen and oxygen atoms in total. The average Bonchev–Trinajstić information content (AvgIpc) is 2.66. The minimum atomic E-state index is -0.310. The molecule has 2 aromatic rings. The number of carbonyl (C=O) groups excluding carboxylic acids is 2. The number of amides is 1. The van der Waals surface area contributed by atoms with Crippen molar-refractivity contribution in [2.45, 2.75) is 18.9 Å². The second-order valence-electron chi connectivity index (χ2n) is 6.15. The molecule has 1 fully saturated rings. The van der Waals surface area contributed by atoms with Crippen LogP contribution in [-0.4, -0.2) is 36.2 Å². The molecule has 2 aromatic carbocycles. The number of hydrogen-bond acceptors (Lipinski definition) is 3. The van der Waals surface area contributed by atoms with Gasteiger partial charge in [-0.25, -0.2) is 4.39 Å². The summed E-state index contributed by atoms with van der Waals surface area (Å²) in [7, 11) is 0. The molecule has 25 heavy (non-hydrogen) atoms. The van der Waals surface area contributed by atoms with E-state index in [9.17, 15) is 14.0 Å². The Morgan fingerprint density at radius 3 is 2.64 bits per heavy atom. The summed E-state index contributed by atoms with van der Waals surface area (Å²) in [5, 5.41) is 3.25. The van der Waals surface area contributed by atoms with E-state index < -0.39 is 0 Å². The number of Topliss-reactive ketones (excluding diaryl/α,β-unsaturated/α-hetero) is 1. The van der Waals surface area contributed by atoms with Crippen LogP contribution in [0.3, 0.4) is 0 Å². The second-order valence-corrected chi connectivity index (χ2v) is 6.15. The van der Waals surface area contributed by atoms with Gasteiger partial charge in [-0.05, 0) is 17.7 Å². The number of ketones is 1. The summed E-state index contributed by atoms with van der Waals surface area (Å²) in [5.41, 5.74) is 1.40. The lowest BCUT2D eigenvalue weighted by Gasteiger charge is -2.36. The molecular weight excluding hydrogens is 319 g/mol. The summed E-state index contributed by atoms with van der Waals surface area (Å²) in [6.07, 6.45) is 0.349. The zero-order valence-corrected chi connectivity index (χ0v) is 14.0. The largest absolute Gasteiger partial charge is 0.333 e. The van der Waals surface area contributed by atoms with Crippen molar-refractivity contribution in [3.8, 4) is 0 Å². The molecule has 0 aromatic heterocycles. The number of benzene rings is 2. The number of nitrogens with zero attached hydrogens (tertiary/aromatic N) is 1. The Hall–Kier alpha value is -2.53. The van der Waals surface area contributed by atoms with Gasteiger partial charge in [0.2, 0.25) is 5.91 Å². The SMILES string of the molecule is O=C(CCC(=O)N1CCNCC1c1cccc(F)c1)c1ccccc1. The van der Waals surface area contributed by atoms with E-state index in [0.29, 0.717) is 25.2 Å². The Bertz CT molecular complexity index is 748. The van der Waals surface area contributed by atoms with Crippen LogP contribution >= 0.6 is 0 Å². The van der Waals surface area contributed by atoms with Crippen molar-refractivity contribution in [3.05, 3.63) is 71.5 Å². The van der Waals surface area contributed by atoms with Gasteiger partial charge in [0.05, 0.1) is 6.04 Å². The van der Waals surface area contributed by atoms with Crippen LogP contribution in [0.15, 0.2) is 54.6 Å². The second kappa shape index (κ2) is 8.03. The third kappa shape index (κ3) is 4.31. The number of piperazine rings is 1. The van der Waals surface area contributed by atoms with Crippen LogP contribution in [0.2, 0.25) is 0 Å². The molecule has 1 aliphatic heterocycles. The Morgan fingerprint density at radius 1 is 1.08 bits per heavy atom. The lowest BCUT2D eigenvalue weighted by molar-refractivity contribution is -0.134. The molecule has 1 N–H and O–H groups in total. The normalized spacial score (nSPS) is 17.3. The first kappa shape index (κ1) is 17.3. The van der Waals surface area contributed by atoms with E-state index in [1.54, 1.807) is 23.1 Å². The van der Waals surface area contributed by atoms with Crippen molar-refractivity contribution in [1.29, 1.82) is 0 Å². The maximum Gasteiger partial charge on any atom is 0.223 e. The first-order valence-corrected chi connectivity index (χ1v) is 8.49. The Kier molecular flexibility index (Phi) is 5.56. The van der Waals surface area contributed by atoms with E-state index in [1.165, 1.54) is 12.1 Å². The van der Waals surface area contributed by atoms with Crippen LogP contribution in [0, 0.1) is 5.82 Å². The molecule has 0 radical (unpaired) electrons. The van der Waals surface area contributed by atoms with Gasteiger partial charge < -0.3 is 10.2 Å². The van der Waals surface area contributed by atoms with Gasteiger partial charge in [0.25, 0.3) is 0 Å². The molecule has 1 atom stereocenters. The quantitative estimate of drug-likeness (QED) is 0.852. The van der Waals surface area contributed by atoms with Crippen molar-refractivity contribution < 1.29 is 14.0 Å². The standard InChI is InChI=1S/C20H21FN2O2/c21-17-8-4-7-16(13-17)18-14-22-11-12-23(18)20(25)10-9-19(24)15-5-2-1-3-6-15/h1-8,13,18,22H,9-12,14H2. The maximum atomic E-state index is 13.5. The Morgan fingerprint density at radius 2 is 1.88 bits per heavy atom. The lowest BCUT2D eigenvalue weighted by atomic mass is 10.0. The van der Waals surface area contributed by atoms with E-state index in [4.69, 9.17) is 0 Å². The summed E-state index contributed by atoms with van der Waals surface area (Å²) in [5.74, 6) is -0.416. The number of halogens is 1. The van der Waals surface area contributed by atoms with Crippen LogP contribution in [0.25, 0.3) is 0 Å². The molecule has 130 valence electrons. The lowest BCUT2D eigenvalue weighted by Crippen LogP contribution is -2.48. The monoisotopic (exact) mass is 340 g/mol. The van der Waals surface area contributed by atoms with Crippen LogP contribution in [-0.2, 0) is 4.79 Å². The van der Waals surface area contributed by atoms with Crippen LogP contribution < -0.4 is 5.32 Å². The summed E-state index contributed by atoms with van der Waals surface area (Å²) in [6, 6.07) is 15.1. The highest BCUT2D eigenvalue weighted by atomic mass is 19.1. The van der Waals surface area contributed by atoms with E-state index in [2.05, 4.69) is 5.32 Å². The molecular formula is C20H21FN2O2. The number of hydrogen-bond donors (Lipinski definition) is 1. The summed E-state index contributed by atoms with van der Waals surface area (Å²) in [4.78, 5) is 26.6. The summed E-state index contributed by atoms with van der Waals surface area (Å²) in [6.45, 7) is 1.84. The zero-order valence-electron chi connectivity index (χ0n) is 14.0. The van der Waals surface area contributed by atoms with Crippen LogP contribution in [0.1, 0.15) is 34.8 Å². The van der Waals surface area contributed by atoms with Gasteiger partial charge in [-0.1, -0.05) is 42.5 Å². The predicted molar refractivity (Wildman–Crippen MR) is 93.7 cm³/mol.